The zero-order chi connectivity index (χ0) is 30.4. The molecule has 0 saturated heterocycles. The van der Waals surface area contributed by atoms with Crippen LogP contribution in [0, 0.1) is 22.0 Å². The van der Waals surface area contributed by atoms with Gasteiger partial charge in [0.15, 0.2) is 5.58 Å². The van der Waals surface area contributed by atoms with E-state index in [0.29, 0.717) is 13.0 Å². The summed E-state index contributed by atoms with van der Waals surface area (Å²) in [4.78, 5) is 67.6. The van der Waals surface area contributed by atoms with Crippen LogP contribution < -0.4 is 17.0 Å². The van der Waals surface area contributed by atoms with Gasteiger partial charge in [0, 0.05) is 6.54 Å². The molecule has 42 heavy (non-hydrogen) atoms. The Bertz CT molecular complexity index is 1380. The minimum absolute atomic E-state index is 0.175. The Morgan fingerprint density at radius 1 is 0.929 bits per heavy atom. The molecule has 0 radical (unpaired) electrons. The van der Waals surface area contributed by atoms with Crippen molar-refractivity contribution < 1.29 is 23.3 Å². The van der Waals surface area contributed by atoms with Crippen LogP contribution in [0.25, 0.3) is 11.2 Å². The first-order valence-corrected chi connectivity index (χ1v) is 15.3. The smallest absolute Gasteiger partial charge is 0.414 e. The van der Waals surface area contributed by atoms with Crippen LogP contribution in [-0.2, 0) is 4.79 Å². The van der Waals surface area contributed by atoms with Gasteiger partial charge in [-0.15, -0.1) is 0 Å². The number of benzene rings is 1. The molecule has 2 saturated carbocycles. The minimum atomic E-state index is -1.41. The van der Waals surface area contributed by atoms with E-state index in [1.165, 1.54) is 17.0 Å². The molecule has 0 atom stereocenters. The van der Waals surface area contributed by atoms with E-state index in [2.05, 4.69) is 18.7 Å². The van der Waals surface area contributed by atoms with Gasteiger partial charge in [-0.25, -0.2) is 9.59 Å². The number of rotatable bonds is 12. The van der Waals surface area contributed by atoms with Crippen LogP contribution in [0.1, 0.15) is 94.8 Å². The quantitative estimate of drug-likeness (QED) is 0.217. The number of hydrogen-bond donors (Lipinski definition) is 1. The van der Waals surface area contributed by atoms with Crippen molar-refractivity contribution in [3.05, 3.63) is 48.7 Å². The van der Waals surface area contributed by atoms with E-state index in [1.54, 1.807) is 0 Å². The normalized spacial score (nSPS) is 17.0. The molecule has 0 bridgehead atoms. The molecule has 2 aliphatic rings. The molecular weight excluding hydrogens is 544 g/mol. The van der Waals surface area contributed by atoms with Crippen LogP contribution >= 0.6 is 0 Å². The van der Waals surface area contributed by atoms with E-state index < -0.39 is 44.8 Å². The van der Waals surface area contributed by atoms with Gasteiger partial charge in [-0.3, -0.25) is 19.7 Å². The molecule has 12 nitrogen and oxygen atoms in total. The first kappa shape index (κ1) is 31.4. The summed E-state index contributed by atoms with van der Waals surface area (Å²) in [7, 11) is 0. The zero-order valence-electron chi connectivity index (χ0n) is 24.6. The third-order valence-corrected chi connectivity index (χ3v) is 9.36. The Kier molecular flexibility index (Phi) is 10.2. The molecule has 1 aromatic carbocycles. The molecule has 4 rings (SSSR count). The summed E-state index contributed by atoms with van der Waals surface area (Å²) in [5.41, 5.74) is 0.279. The standard InChI is InChI=1S/C30H42N4O8/c1-3-32(4-2)18-11-19-33(30(29(31)38,20-12-7-5-8-13-20)21-14-9-6-10-15-21)26(35)22-16-17-23-25(24(22)34(39)40)42-28(37)27(36)41-23/h16-17,20-21H,3-15,18-19H2,1-2H3,(H2,31,38). The Morgan fingerprint density at radius 3 is 1.98 bits per heavy atom. The number of nitrogens with zero attached hydrogens (tertiary/aromatic N) is 3. The number of fused-ring (bicyclic) bond motifs is 1. The molecule has 12 heteroatoms. The zero-order valence-corrected chi connectivity index (χ0v) is 24.6. The first-order valence-electron chi connectivity index (χ1n) is 15.3. The molecule has 2 aromatic rings. The van der Waals surface area contributed by atoms with Crippen molar-refractivity contribution in [2.45, 2.75) is 90.0 Å². The number of hydrogen-bond acceptors (Lipinski definition) is 9. The van der Waals surface area contributed by atoms with Crippen molar-refractivity contribution >= 4 is 28.7 Å². The summed E-state index contributed by atoms with van der Waals surface area (Å²) < 4.78 is 9.91. The van der Waals surface area contributed by atoms with Gasteiger partial charge < -0.3 is 24.4 Å². The summed E-state index contributed by atoms with van der Waals surface area (Å²) in [6, 6.07) is 2.41. The molecule has 0 spiro atoms. The fourth-order valence-corrected chi connectivity index (χ4v) is 7.35. The average Bonchev–Trinajstić information content (AvgIpc) is 2.99. The highest BCUT2D eigenvalue weighted by molar-refractivity contribution is 6.05. The third-order valence-electron chi connectivity index (χ3n) is 9.36. The lowest BCUT2D eigenvalue weighted by Crippen LogP contribution is -2.68. The predicted octanol–water partition coefficient (Wildman–Crippen LogP) is 4.21. The maximum absolute atomic E-state index is 14.7. The van der Waals surface area contributed by atoms with E-state index in [4.69, 9.17) is 14.6 Å². The second kappa shape index (κ2) is 13.6. The SMILES string of the molecule is CCN(CC)CCCN(C(=O)c1ccc2oc(=O)c(=O)oc2c1[N+](=O)[O-])C(C(N)=O)(C1CCCCC1)C1CCCCC1. The van der Waals surface area contributed by atoms with Crippen molar-refractivity contribution in [3.63, 3.8) is 0 Å². The number of amides is 2. The van der Waals surface area contributed by atoms with Crippen LogP contribution in [0.4, 0.5) is 5.69 Å². The lowest BCUT2D eigenvalue weighted by molar-refractivity contribution is -0.384. The Balaban J connectivity index is 1.92. The maximum Gasteiger partial charge on any atom is 0.423 e. The van der Waals surface area contributed by atoms with Gasteiger partial charge in [-0.05, 0) is 75.7 Å². The van der Waals surface area contributed by atoms with Crippen LogP contribution in [0.15, 0.2) is 30.6 Å². The molecule has 2 fully saturated rings. The summed E-state index contributed by atoms with van der Waals surface area (Å²) in [6.07, 6.45) is 9.19. The fraction of sp³-hybridized carbons (Fsp3) is 0.667. The first-order chi connectivity index (χ1) is 20.2. The molecular formula is C30H42N4O8. The van der Waals surface area contributed by atoms with Crippen LogP contribution in [0.5, 0.6) is 0 Å². The lowest BCUT2D eigenvalue weighted by atomic mass is 9.62. The fourth-order valence-electron chi connectivity index (χ4n) is 7.35. The van der Waals surface area contributed by atoms with Crippen molar-refractivity contribution in [1.29, 1.82) is 0 Å². The summed E-state index contributed by atoms with van der Waals surface area (Å²) in [6.45, 7) is 6.58. The van der Waals surface area contributed by atoms with Crippen molar-refractivity contribution in [2.75, 3.05) is 26.2 Å². The van der Waals surface area contributed by atoms with E-state index in [9.17, 15) is 29.3 Å². The van der Waals surface area contributed by atoms with E-state index in [1.807, 2.05) is 0 Å². The van der Waals surface area contributed by atoms with Crippen LogP contribution in [-0.4, -0.2) is 58.3 Å². The number of carbonyl (C=O) groups is 2. The predicted molar refractivity (Wildman–Crippen MR) is 156 cm³/mol. The monoisotopic (exact) mass is 586 g/mol. The van der Waals surface area contributed by atoms with Gasteiger partial charge in [0.05, 0.1) is 4.92 Å². The Hall–Kier alpha value is -3.54. The van der Waals surface area contributed by atoms with Crippen molar-refractivity contribution in [3.8, 4) is 0 Å². The Morgan fingerprint density at radius 2 is 1.48 bits per heavy atom. The second-order valence-electron chi connectivity index (χ2n) is 11.5. The molecule has 2 amide bonds. The highest BCUT2D eigenvalue weighted by atomic mass is 16.6. The van der Waals surface area contributed by atoms with Gasteiger partial charge in [0.2, 0.25) is 5.91 Å². The van der Waals surface area contributed by atoms with E-state index >= 15 is 0 Å². The largest absolute Gasteiger partial charge is 0.423 e. The molecule has 230 valence electrons. The van der Waals surface area contributed by atoms with Crippen LogP contribution in [0.2, 0.25) is 0 Å². The third kappa shape index (κ3) is 5.99. The lowest BCUT2D eigenvalue weighted by Gasteiger charge is -2.53. The highest BCUT2D eigenvalue weighted by Crippen LogP contribution is 2.47. The number of nitro benzene ring substituents is 1. The highest BCUT2D eigenvalue weighted by Gasteiger charge is 2.56. The summed E-state index contributed by atoms with van der Waals surface area (Å²) in [5.74, 6) is -1.65. The number of nitrogens with two attached hydrogens (primary N) is 1. The number of primary amides is 1. The molecule has 2 N–H and O–H groups in total. The molecule has 1 aromatic heterocycles. The second-order valence-corrected chi connectivity index (χ2v) is 11.5. The summed E-state index contributed by atoms with van der Waals surface area (Å²) >= 11 is 0. The van der Waals surface area contributed by atoms with Crippen molar-refractivity contribution in [2.24, 2.45) is 17.6 Å². The van der Waals surface area contributed by atoms with E-state index in [0.717, 1.165) is 77.3 Å². The van der Waals surface area contributed by atoms with Gasteiger partial charge in [0.25, 0.3) is 11.5 Å². The number of carbonyl (C=O) groups excluding carboxylic acids is 2. The van der Waals surface area contributed by atoms with Crippen LogP contribution in [0.3, 0.4) is 0 Å². The summed E-state index contributed by atoms with van der Waals surface area (Å²) in [5, 5.41) is 12.4. The van der Waals surface area contributed by atoms with Crippen molar-refractivity contribution in [1.82, 2.24) is 9.80 Å². The minimum Gasteiger partial charge on any atom is -0.414 e. The van der Waals surface area contributed by atoms with Gasteiger partial charge in [-0.1, -0.05) is 52.4 Å². The Labute approximate surface area is 244 Å². The van der Waals surface area contributed by atoms with E-state index in [-0.39, 0.29) is 29.5 Å². The maximum atomic E-state index is 14.7. The number of nitro groups is 1. The topological polar surface area (TPSA) is 170 Å². The van der Waals surface area contributed by atoms with Gasteiger partial charge >= 0.3 is 16.9 Å². The molecule has 0 aliphatic heterocycles. The molecule has 0 unspecified atom stereocenters. The van der Waals surface area contributed by atoms with Gasteiger partial charge in [-0.2, -0.15) is 0 Å². The molecule has 2 aliphatic carbocycles. The van der Waals surface area contributed by atoms with Gasteiger partial charge in [0.1, 0.15) is 11.1 Å². The molecule has 1 heterocycles. The average molecular weight is 587 g/mol.